The highest BCUT2D eigenvalue weighted by atomic mass is 15.2. The van der Waals surface area contributed by atoms with Gasteiger partial charge in [0.25, 0.3) is 0 Å². The van der Waals surface area contributed by atoms with Crippen LogP contribution in [0.3, 0.4) is 0 Å². The number of nitriles is 1. The van der Waals surface area contributed by atoms with Crippen molar-refractivity contribution >= 4 is 0 Å². The average Bonchev–Trinajstić information content (AvgIpc) is 2.77. The van der Waals surface area contributed by atoms with E-state index in [1.807, 2.05) is 0 Å². The summed E-state index contributed by atoms with van der Waals surface area (Å²) in [5.41, 5.74) is 0. The molecule has 0 aromatic carbocycles. The first kappa shape index (κ1) is 6.18. The highest BCUT2D eigenvalue weighted by molar-refractivity contribution is 4.97. The van der Waals surface area contributed by atoms with Gasteiger partial charge in [0.05, 0.1) is 12.6 Å². The topological polar surface area (TPSA) is 27.0 Å². The van der Waals surface area contributed by atoms with Gasteiger partial charge in [-0.2, -0.15) is 5.26 Å². The summed E-state index contributed by atoms with van der Waals surface area (Å²) in [6.07, 6.45) is 5.33. The highest BCUT2D eigenvalue weighted by Gasteiger charge is 2.38. The van der Waals surface area contributed by atoms with Crippen LogP contribution in [0.4, 0.5) is 0 Å². The van der Waals surface area contributed by atoms with E-state index >= 15 is 0 Å². The van der Waals surface area contributed by atoms with Crippen molar-refractivity contribution < 1.29 is 0 Å². The molecule has 0 amide bonds. The number of rotatable bonds is 3. The van der Waals surface area contributed by atoms with Crippen LogP contribution in [0.25, 0.3) is 0 Å². The summed E-state index contributed by atoms with van der Waals surface area (Å²) < 4.78 is 0. The maximum Gasteiger partial charge on any atom is 0.0870 e. The van der Waals surface area contributed by atoms with Gasteiger partial charge in [0.1, 0.15) is 0 Å². The van der Waals surface area contributed by atoms with Crippen LogP contribution in [0.5, 0.6) is 0 Å². The molecule has 0 spiro atoms. The summed E-state index contributed by atoms with van der Waals surface area (Å²) in [6, 6.07) is 3.81. The number of hydrogen-bond acceptors (Lipinski definition) is 2. The number of hydrogen-bond donors (Lipinski definition) is 0. The third kappa shape index (κ3) is 1.15. The first-order valence-corrected chi connectivity index (χ1v) is 4.04. The molecule has 0 unspecified atom stereocenters. The molecule has 2 fully saturated rings. The minimum absolute atomic E-state index is 0.662. The maximum absolute atomic E-state index is 8.50. The van der Waals surface area contributed by atoms with E-state index in [-0.39, 0.29) is 0 Å². The summed E-state index contributed by atoms with van der Waals surface area (Å²) in [7, 11) is 0. The molecule has 2 rings (SSSR count). The highest BCUT2D eigenvalue weighted by Crippen LogP contribution is 2.36. The second kappa shape index (κ2) is 2.25. The molecule has 0 bridgehead atoms. The molecule has 2 heteroatoms. The lowest BCUT2D eigenvalue weighted by molar-refractivity contribution is 0.285. The minimum Gasteiger partial charge on any atom is -0.285 e. The van der Waals surface area contributed by atoms with Crippen molar-refractivity contribution in [3.05, 3.63) is 0 Å². The zero-order chi connectivity index (χ0) is 6.97. The van der Waals surface area contributed by atoms with Gasteiger partial charge in [0, 0.05) is 12.1 Å². The Balaban J connectivity index is 1.87. The van der Waals surface area contributed by atoms with Gasteiger partial charge in [0.2, 0.25) is 0 Å². The standard InChI is InChI=1S/C8H12N2/c9-5-6-10(7-1-2-7)8-3-4-8/h7-8H,1-4,6H2. The molecule has 2 aliphatic carbocycles. The largest absolute Gasteiger partial charge is 0.285 e. The molecule has 0 atom stereocenters. The molecule has 2 saturated carbocycles. The normalized spacial score (nSPS) is 24.8. The van der Waals surface area contributed by atoms with Crippen LogP contribution in [0.1, 0.15) is 25.7 Å². The lowest BCUT2D eigenvalue weighted by Crippen LogP contribution is -2.28. The molecular formula is C8H12N2. The van der Waals surface area contributed by atoms with Crippen LogP contribution in [-0.4, -0.2) is 23.5 Å². The molecule has 2 aliphatic rings. The van der Waals surface area contributed by atoms with E-state index in [2.05, 4.69) is 11.0 Å². The van der Waals surface area contributed by atoms with Gasteiger partial charge in [-0.3, -0.25) is 4.90 Å². The first-order valence-electron chi connectivity index (χ1n) is 4.04. The van der Waals surface area contributed by atoms with E-state index in [0.717, 1.165) is 12.1 Å². The second-order valence-electron chi connectivity index (χ2n) is 3.29. The van der Waals surface area contributed by atoms with Crippen LogP contribution in [0, 0.1) is 11.3 Å². The third-order valence-electron chi connectivity index (χ3n) is 2.29. The molecule has 0 heterocycles. The molecular weight excluding hydrogens is 124 g/mol. The Morgan fingerprint density at radius 1 is 1.20 bits per heavy atom. The van der Waals surface area contributed by atoms with Crippen LogP contribution in [0.2, 0.25) is 0 Å². The van der Waals surface area contributed by atoms with Gasteiger partial charge in [-0.15, -0.1) is 0 Å². The predicted molar refractivity (Wildman–Crippen MR) is 38.4 cm³/mol. The lowest BCUT2D eigenvalue weighted by Gasteiger charge is -2.16. The van der Waals surface area contributed by atoms with E-state index in [9.17, 15) is 0 Å². The molecule has 0 aromatic heterocycles. The van der Waals surface area contributed by atoms with Crippen molar-refractivity contribution in [3.63, 3.8) is 0 Å². The van der Waals surface area contributed by atoms with E-state index in [4.69, 9.17) is 5.26 Å². The Morgan fingerprint density at radius 2 is 1.70 bits per heavy atom. The zero-order valence-corrected chi connectivity index (χ0v) is 6.08. The summed E-state index contributed by atoms with van der Waals surface area (Å²) in [5.74, 6) is 0. The van der Waals surface area contributed by atoms with Crippen LogP contribution >= 0.6 is 0 Å². The van der Waals surface area contributed by atoms with Gasteiger partial charge in [-0.1, -0.05) is 0 Å². The van der Waals surface area contributed by atoms with Crippen LogP contribution < -0.4 is 0 Å². The van der Waals surface area contributed by atoms with Crippen molar-refractivity contribution in [3.8, 4) is 6.07 Å². The quantitative estimate of drug-likeness (QED) is 0.544. The Labute approximate surface area is 61.4 Å². The fourth-order valence-corrected chi connectivity index (χ4v) is 1.45. The fraction of sp³-hybridized carbons (Fsp3) is 0.875. The summed E-state index contributed by atoms with van der Waals surface area (Å²) in [5, 5.41) is 8.50. The molecule has 0 N–H and O–H groups in total. The predicted octanol–water partition coefficient (Wildman–Crippen LogP) is 1.14. The Kier molecular flexibility index (Phi) is 1.39. The smallest absolute Gasteiger partial charge is 0.0870 e. The third-order valence-corrected chi connectivity index (χ3v) is 2.29. The fourth-order valence-electron chi connectivity index (χ4n) is 1.45. The molecule has 0 radical (unpaired) electrons. The van der Waals surface area contributed by atoms with Crippen molar-refractivity contribution in [1.29, 1.82) is 5.26 Å². The molecule has 0 saturated heterocycles. The maximum atomic E-state index is 8.50. The summed E-state index contributed by atoms with van der Waals surface area (Å²) in [6.45, 7) is 0.662. The van der Waals surface area contributed by atoms with Gasteiger partial charge in [-0.25, -0.2) is 0 Å². The van der Waals surface area contributed by atoms with Crippen LogP contribution in [-0.2, 0) is 0 Å². The van der Waals surface area contributed by atoms with Crippen molar-refractivity contribution in [2.24, 2.45) is 0 Å². The van der Waals surface area contributed by atoms with Crippen molar-refractivity contribution in [1.82, 2.24) is 4.90 Å². The second-order valence-corrected chi connectivity index (χ2v) is 3.29. The summed E-state index contributed by atoms with van der Waals surface area (Å²) in [4.78, 5) is 2.38. The van der Waals surface area contributed by atoms with Gasteiger partial charge >= 0.3 is 0 Å². The molecule has 54 valence electrons. The van der Waals surface area contributed by atoms with E-state index in [0.29, 0.717) is 6.54 Å². The van der Waals surface area contributed by atoms with Gasteiger partial charge < -0.3 is 0 Å². The average molecular weight is 136 g/mol. The van der Waals surface area contributed by atoms with Crippen molar-refractivity contribution in [2.45, 2.75) is 37.8 Å². The van der Waals surface area contributed by atoms with E-state index in [1.165, 1.54) is 25.7 Å². The summed E-state index contributed by atoms with van der Waals surface area (Å²) >= 11 is 0. The van der Waals surface area contributed by atoms with E-state index < -0.39 is 0 Å². The Bertz CT molecular complexity index is 151. The van der Waals surface area contributed by atoms with Crippen molar-refractivity contribution in [2.75, 3.05) is 6.54 Å². The van der Waals surface area contributed by atoms with Gasteiger partial charge in [-0.05, 0) is 25.7 Å². The molecule has 0 aromatic rings. The minimum atomic E-state index is 0.662. The lowest BCUT2D eigenvalue weighted by atomic mass is 10.4. The molecule has 10 heavy (non-hydrogen) atoms. The SMILES string of the molecule is N#CCN(C1CC1)C1CC1. The van der Waals surface area contributed by atoms with Crippen LogP contribution in [0.15, 0.2) is 0 Å². The first-order chi connectivity index (χ1) is 4.92. The monoisotopic (exact) mass is 136 g/mol. The molecule has 2 nitrogen and oxygen atoms in total. The number of nitrogens with zero attached hydrogens (tertiary/aromatic N) is 2. The Hall–Kier alpha value is -0.550. The Morgan fingerprint density at radius 3 is 2.00 bits per heavy atom. The zero-order valence-electron chi connectivity index (χ0n) is 6.08. The van der Waals surface area contributed by atoms with Gasteiger partial charge in [0.15, 0.2) is 0 Å². The van der Waals surface area contributed by atoms with E-state index in [1.54, 1.807) is 0 Å². The molecule has 0 aliphatic heterocycles.